The highest BCUT2D eigenvalue weighted by Crippen LogP contribution is 2.24. The molecule has 0 bridgehead atoms. The molecule has 2 fully saturated rings. The largest absolute Gasteiger partial charge is 0.462 e. The van der Waals surface area contributed by atoms with E-state index in [0.717, 1.165) is 38.3 Å². The number of benzene rings is 1. The maximum Gasteiger partial charge on any atom is 0.306 e. The van der Waals surface area contributed by atoms with Crippen molar-refractivity contribution in [3.05, 3.63) is 29.8 Å². The number of hydrogen-bond acceptors (Lipinski definition) is 4. The van der Waals surface area contributed by atoms with Crippen LogP contribution in [0, 0.1) is 0 Å². The lowest BCUT2D eigenvalue weighted by Gasteiger charge is -2.22. The number of ether oxygens (including phenoxy) is 1. The van der Waals surface area contributed by atoms with E-state index in [1.807, 2.05) is 0 Å². The first kappa shape index (κ1) is 21.5. The second kappa shape index (κ2) is 11.1. The fraction of sp³-hybridized carbons (Fsp3) is 0.652. The van der Waals surface area contributed by atoms with E-state index >= 15 is 0 Å². The number of carbonyl (C=O) groups is 1. The van der Waals surface area contributed by atoms with Gasteiger partial charge >= 0.3 is 5.97 Å². The Morgan fingerprint density at radius 2 is 2.00 bits per heavy atom. The zero-order chi connectivity index (χ0) is 20.5. The molecule has 0 amide bonds. The average molecular weight is 401 g/mol. The maximum atomic E-state index is 11.9. The fourth-order valence-electron chi connectivity index (χ4n) is 4.14. The quantitative estimate of drug-likeness (QED) is 0.301. The van der Waals surface area contributed by atoms with E-state index in [4.69, 9.17) is 4.74 Å². The Labute approximate surface area is 175 Å². The first-order valence-electron chi connectivity index (χ1n) is 11.2. The second-order valence-corrected chi connectivity index (χ2v) is 8.15. The zero-order valence-electron chi connectivity index (χ0n) is 18.0. The lowest BCUT2D eigenvalue weighted by molar-refractivity contribution is -0.148. The minimum atomic E-state index is -0.0752. The number of rotatable bonds is 8. The lowest BCUT2D eigenvalue weighted by Crippen LogP contribution is -2.39. The third-order valence-electron chi connectivity index (χ3n) is 5.87. The molecule has 1 aliphatic heterocycles. The van der Waals surface area contributed by atoms with Gasteiger partial charge in [-0.05, 0) is 69.6 Å². The van der Waals surface area contributed by atoms with Crippen molar-refractivity contribution >= 4 is 17.6 Å². The van der Waals surface area contributed by atoms with Crippen molar-refractivity contribution in [2.75, 3.05) is 31.6 Å². The molecule has 2 aliphatic rings. The molecular weight excluding hydrogens is 364 g/mol. The summed E-state index contributed by atoms with van der Waals surface area (Å²) in [6.45, 7) is 5.14. The Bertz CT molecular complexity index is 679. The van der Waals surface area contributed by atoms with Crippen LogP contribution < -0.4 is 15.5 Å². The van der Waals surface area contributed by atoms with E-state index < -0.39 is 0 Å². The van der Waals surface area contributed by atoms with Crippen molar-refractivity contribution in [3.63, 3.8) is 0 Å². The van der Waals surface area contributed by atoms with Crippen LogP contribution in [0.2, 0.25) is 0 Å². The zero-order valence-corrected chi connectivity index (χ0v) is 18.0. The molecule has 0 aromatic heterocycles. The summed E-state index contributed by atoms with van der Waals surface area (Å²) >= 11 is 0. The Balaban J connectivity index is 1.40. The van der Waals surface area contributed by atoms with Crippen LogP contribution in [-0.4, -0.2) is 44.7 Å². The Kier molecular flexibility index (Phi) is 8.20. The van der Waals surface area contributed by atoms with Crippen molar-refractivity contribution in [3.8, 4) is 0 Å². The predicted molar refractivity (Wildman–Crippen MR) is 118 cm³/mol. The topological polar surface area (TPSA) is 66.0 Å². The van der Waals surface area contributed by atoms with Gasteiger partial charge in [0.05, 0.1) is 6.04 Å². The summed E-state index contributed by atoms with van der Waals surface area (Å²) in [5.74, 6) is 0.682. The third kappa shape index (κ3) is 6.65. The number of nitrogens with zero attached hydrogens (tertiary/aromatic N) is 2. The van der Waals surface area contributed by atoms with E-state index in [2.05, 4.69) is 51.7 Å². The molecule has 0 radical (unpaired) electrons. The molecule has 2 N–H and O–H groups in total. The van der Waals surface area contributed by atoms with Gasteiger partial charge in [-0.25, -0.2) is 0 Å². The maximum absolute atomic E-state index is 11.9. The highest BCUT2D eigenvalue weighted by molar-refractivity contribution is 5.80. The third-order valence-corrected chi connectivity index (χ3v) is 5.87. The monoisotopic (exact) mass is 400 g/mol. The van der Waals surface area contributed by atoms with E-state index in [1.165, 1.54) is 36.9 Å². The highest BCUT2D eigenvalue weighted by Gasteiger charge is 2.19. The Morgan fingerprint density at radius 3 is 2.72 bits per heavy atom. The predicted octanol–water partition coefficient (Wildman–Crippen LogP) is 3.78. The first-order chi connectivity index (χ1) is 14.2. The van der Waals surface area contributed by atoms with Gasteiger partial charge in [-0.1, -0.05) is 12.1 Å². The minimum absolute atomic E-state index is 0.0752. The van der Waals surface area contributed by atoms with Crippen molar-refractivity contribution in [1.82, 2.24) is 10.6 Å². The molecule has 0 spiro atoms. The van der Waals surface area contributed by atoms with E-state index in [0.29, 0.717) is 13.0 Å². The molecule has 1 saturated carbocycles. The van der Waals surface area contributed by atoms with Crippen molar-refractivity contribution < 1.29 is 9.53 Å². The number of anilines is 1. The van der Waals surface area contributed by atoms with Gasteiger partial charge in [0.1, 0.15) is 6.10 Å². The van der Waals surface area contributed by atoms with E-state index in [1.54, 1.807) is 7.05 Å². The molecule has 1 aromatic carbocycles. The van der Waals surface area contributed by atoms with Gasteiger partial charge < -0.3 is 20.3 Å². The van der Waals surface area contributed by atoms with Gasteiger partial charge in [0.15, 0.2) is 5.96 Å². The summed E-state index contributed by atoms with van der Waals surface area (Å²) in [6.07, 6.45) is 8.32. The summed E-state index contributed by atoms with van der Waals surface area (Å²) in [5.41, 5.74) is 2.55. The molecule has 3 rings (SSSR count). The van der Waals surface area contributed by atoms with Gasteiger partial charge in [-0.3, -0.25) is 9.79 Å². The SMILES string of the molecule is CN=C(NCCCC(=O)OC1CCCC1)NC(C)c1cccc(N2CCCC2)c1. The van der Waals surface area contributed by atoms with Crippen LogP contribution in [0.1, 0.15) is 69.9 Å². The standard InChI is InChI=1S/C23H36N4O2/c1-18(19-9-7-10-20(17-19)27-15-5-6-16-27)26-23(24-2)25-14-8-13-22(28)29-21-11-3-4-12-21/h7,9-10,17-18,21H,3-6,8,11-16H2,1-2H3,(H2,24,25,26). The van der Waals surface area contributed by atoms with Gasteiger partial charge in [0.25, 0.3) is 0 Å². The summed E-state index contributed by atoms with van der Waals surface area (Å²) in [5, 5.41) is 6.76. The first-order valence-corrected chi connectivity index (χ1v) is 11.2. The average Bonchev–Trinajstić information content (AvgIpc) is 3.44. The van der Waals surface area contributed by atoms with Crippen LogP contribution in [0.4, 0.5) is 5.69 Å². The molecular formula is C23H36N4O2. The van der Waals surface area contributed by atoms with Crippen LogP contribution in [0.5, 0.6) is 0 Å². The molecule has 1 unspecified atom stereocenters. The molecule has 1 aromatic rings. The molecule has 1 heterocycles. The van der Waals surface area contributed by atoms with Crippen LogP contribution in [0.15, 0.2) is 29.3 Å². The smallest absolute Gasteiger partial charge is 0.306 e. The Morgan fingerprint density at radius 1 is 1.24 bits per heavy atom. The highest BCUT2D eigenvalue weighted by atomic mass is 16.5. The summed E-state index contributed by atoms with van der Waals surface area (Å²) < 4.78 is 5.50. The van der Waals surface area contributed by atoms with Crippen molar-refractivity contribution in [1.29, 1.82) is 0 Å². The molecule has 6 heteroatoms. The molecule has 1 aliphatic carbocycles. The van der Waals surface area contributed by atoms with Gasteiger partial charge in [0, 0.05) is 38.8 Å². The van der Waals surface area contributed by atoms with Gasteiger partial charge in [-0.2, -0.15) is 0 Å². The van der Waals surface area contributed by atoms with E-state index in [-0.39, 0.29) is 18.1 Å². The fourth-order valence-corrected chi connectivity index (χ4v) is 4.14. The summed E-state index contributed by atoms with van der Waals surface area (Å²) in [6, 6.07) is 8.90. The summed E-state index contributed by atoms with van der Waals surface area (Å²) in [4.78, 5) is 18.7. The number of esters is 1. The molecule has 6 nitrogen and oxygen atoms in total. The molecule has 1 atom stereocenters. The van der Waals surface area contributed by atoms with Crippen LogP contribution in [0.25, 0.3) is 0 Å². The number of carbonyl (C=O) groups excluding carboxylic acids is 1. The molecule has 29 heavy (non-hydrogen) atoms. The number of hydrogen-bond donors (Lipinski definition) is 2. The summed E-state index contributed by atoms with van der Waals surface area (Å²) in [7, 11) is 1.77. The van der Waals surface area contributed by atoms with Crippen LogP contribution in [-0.2, 0) is 9.53 Å². The number of aliphatic imine (C=N–C) groups is 1. The van der Waals surface area contributed by atoms with Crippen molar-refractivity contribution in [2.24, 2.45) is 4.99 Å². The van der Waals surface area contributed by atoms with Crippen LogP contribution in [0.3, 0.4) is 0 Å². The number of guanidine groups is 1. The van der Waals surface area contributed by atoms with Gasteiger partial charge in [-0.15, -0.1) is 0 Å². The lowest BCUT2D eigenvalue weighted by atomic mass is 10.1. The minimum Gasteiger partial charge on any atom is -0.462 e. The number of nitrogens with one attached hydrogen (secondary N) is 2. The van der Waals surface area contributed by atoms with Crippen molar-refractivity contribution in [2.45, 2.75) is 70.4 Å². The van der Waals surface area contributed by atoms with Gasteiger partial charge in [0.2, 0.25) is 0 Å². The van der Waals surface area contributed by atoms with E-state index in [9.17, 15) is 4.79 Å². The normalized spacial score (nSPS) is 18.7. The Hall–Kier alpha value is -2.24. The molecule has 160 valence electrons. The second-order valence-electron chi connectivity index (χ2n) is 8.15. The van der Waals surface area contributed by atoms with Crippen LogP contribution >= 0.6 is 0 Å². The molecule has 1 saturated heterocycles.